The second-order valence-electron chi connectivity index (χ2n) is 4.12. The van der Waals surface area contributed by atoms with Gasteiger partial charge in [0.1, 0.15) is 0 Å². The van der Waals surface area contributed by atoms with E-state index in [0.29, 0.717) is 24.5 Å². The number of anilines is 2. The van der Waals surface area contributed by atoms with Crippen LogP contribution in [-0.2, 0) is 4.74 Å². The number of nitrogens with one attached hydrogen (secondary N) is 2. The third-order valence-electron chi connectivity index (χ3n) is 2.30. The van der Waals surface area contributed by atoms with Gasteiger partial charge in [0.05, 0.1) is 17.6 Å². The number of hydrogen-bond donors (Lipinski definition) is 2. The fourth-order valence-electron chi connectivity index (χ4n) is 1.45. The molecule has 100 valence electrons. The van der Waals surface area contributed by atoms with Crippen molar-refractivity contribution < 1.29 is 9.66 Å². The standard InChI is InChI=1S/C12H19N3O3/c1-9(2)18-5-4-14-11-6-10(13-3)7-12(8-11)15(16)17/h6-9,13-14H,4-5H2,1-3H3. The van der Waals surface area contributed by atoms with Crippen molar-refractivity contribution in [3.63, 3.8) is 0 Å². The number of ether oxygens (including phenoxy) is 1. The number of nitro benzene ring substituents is 1. The number of rotatable bonds is 7. The van der Waals surface area contributed by atoms with Gasteiger partial charge in [-0.3, -0.25) is 10.1 Å². The molecule has 1 rings (SSSR count). The third-order valence-corrected chi connectivity index (χ3v) is 2.30. The molecule has 0 aromatic heterocycles. The summed E-state index contributed by atoms with van der Waals surface area (Å²) in [6, 6.07) is 4.83. The zero-order valence-corrected chi connectivity index (χ0v) is 10.9. The van der Waals surface area contributed by atoms with Crippen LogP contribution in [0.25, 0.3) is 0 Å². The van der Waals surface area contributed by atoms with Crippen molar-refractivity contribution in [2.75, 3.05) is 30.8 Å². The normalized spacial score (nSPS) is 10.4. The van der Waals surface area contributed by atoms with Gasteiger partial charge in [0, 0.05) is 37.1 Å². The van der Waals surface area contributed by atoms with Gasteiger partial charge in [-0.15, -0.1) is 0 Å². The first kappa shape index (κ1) is 14.2. The van der Waals surface area contributed by atoms with Crippen LogP contribution < -0.4 is 10.6 Å². The zero-order chi connectivity index (χ0) is 13.5. The summed E-state index contributed by atoms with van der Waals surface area (Å²) in [5.41, 5.74) is 1.48. The van der Waals surface area contributed by atoms with Crippen LogP contribution >= 0.6 is 0 Å². The maximum absolute atomic E-state index is 10.8. The largest absolute Gasteiger partial charge is 0.388 e. The summed E-state index contributed by atoms with van der Waals surface area (Å²) in [6.07, 6.45) is 0.185. The molecule has 0 saturated heterocycles. The molecule has 0 aliphatic heterocycles. The third kappa shape index (κ3) is 4.58. The van der Waals surface area contributed by atoms with Crippen molar-refractivity contribution in [1.29, 1.82) is 0 Å². The highest BCUT2D eigenvalue weighted by Crippen LogP contribution is 2.23. The van der Waals surface area contributed by atoms with E-state index in [2.05, 4.69) is 10.6 Å². The fraction of sp³-hybridized carbons (Fsp3) is 0.500. The lowest BCUT2D eigenvalue weighted by Crippen LogP contribution is -2.13. The molecular formula is C12H19N3O3. The molecule has 6 nitrogen and oxygen atoms in total. The molecule has 0 atom stereocenters. The summed E-state index contributed by atoms with van der Waals surface area (Å²) in [4.78, 5) is 10.4. The van der Waals surface area contributed by atoms with Crippen molar-refractivity contribution in [2.45, 2.75) is 20.0 Å². The molecule has 1 aromatic carbocycles. The highest BCUT2D eigenvalue weighted by atomic mass is 16.6. The molecule has 0 heterocycles. The van der Waals surface area contributed by atoms with Crippen LogP contribution in [0.3, 0.4) is 0 Å². The quantitative estimate of drug-likeness (QED) is 0.443. The van der Waals surface area contributed by atoms with Gasteiger partial charge in [-0.05, 0) is 19.9 Å². The van der Waals surface area contributed by atoms with E-state index in [9.17, 15) is 10.1 Å². The van der Waals surface area contributed by atoms with Gasteiger partial charge in [0.25, 0.3) is 5.69 Å². The van der Waals surface area contributed by atoms with Crippen molar-refractivity contribution in [3.05, 3.63) is 28.3 Å². The minimum atomic E-state index is -0.406. The van der Waals surface area contributed by atoms with Crippen LogP contribution in [0.1, 0.15) is 13.8 Å². The summed E-state index contributed by atoms with van der Waals surface area (Å²) in [7, 11) is 1.73. The molecule has 0 radical (unpaired) electrons. The Morgan fingerprint density at radius 1 is 1.33 bits per heavy atom. The van der Waals surface area contributed by atoms with Crippen LogP contribution in [0.15, 0.2) is 18.2 Å². The van der Waals surface area contributed by atoms with Gasteiger partial charge in [-0.2, -0.15) is 0 Å². The Balaban J connectivity index is 2.64. The monoisotopic (exact) mass is 253 g/mol. The molecule has 2 N–H and O–H groups in total. The lowest BCUT2D eigenvalue weighted by atomic mass is 10.2. The number of nitro groups is 1. The average molecular weight is 253 g/mol. The summed E-state index contributed by atoms with van der Waals surface area (Å²) in [5, 5.41) is 16.8. The lowest BCUT2D eigenvalue weighted by Gasteiger charge is -2.10. The first-order valence-electron chi connectivity index (χ1n) is 5.85. The molecule has 6 heteroatoms. The molecular weight excluding hydrogens is 234 g/mol. The van der Waals surface area contributed by atoms with E-state index >= 15 is 0 Å². The van der Waals surface area contributed by atoms with Gasteiger partial charge in [-0.1, -0.05) is 0 Å². The molecule has 0 amide bonds. The van der Waals surface area contributed by atoms with Crippen LogP contribution in [0, 0.1) is 10.1 Å². The van der Waals surface area contributed by atoms with E-state index < -0.39 is 4.92 Å². The predicted octanol–water partition coefficient (Wildman–Crippen LogP) is 2.47. The predicted molar refractivity (Wildman–Crippen MR) is 72.2 cm³/mol. The van der Waals surface area contributed by atoms with E-state index in [1.54, 1.807) is 7.05 Å². The van der Waals surface area contributed by atoms with E-state index in [1.807, 2.05) is 19.9 Å². The van der Waals surface area contributed by atoms with Crippen molar-refractivity contribution in [1.82, 2.24) is 0 Å². The molecule has 0 bridgehead atoms. The van der Waals surface area contributed by atoms with Crippen molar-refractivity contribution in [3.8, 4) is 0 Å². The summed E-state index contributed by atoms with van der Waals surface area (Å²) in [5.74, 6) is 0. The molecule has 0 aliphatic rings. The molecule has 0 saturated carbocycles. The summed E-state index contributed by atoms with van der Waals surface area (Å²) < 4.78 is 5.39. The highest BCUT2D eigenvalue weighted by molar-refractivity contribution is 5.63. The molecule has 0 fully saturated rings. The topological polar surface area (TPSA) is 76.4 Å². The molecule has 18 heavy (non-hydrogen) atoms. The number of non-ortho nitro benzene ring substituents is 1. The van der Waals surface area contributed by atoms with E-state index in [-0.39, 0.29) is 11.8 Å². The van der Waals surface area contributed by atoms with Crippen molar-refractivity contribution >= 4 is 17.1 Å². The molecule has 0 spiro atoms. The first-order valence-corrected chi connectivity index (χ1v) is 5.85. The lowest BCUT2D eigenvalue weighted by molar-refractivity contribution is -0.384. The molecule has 1 aromatic rings. The summed E-state index contributed by atoms with van der Waals surface area (Å²) >= 11 is 0. The first-order chi connectivity index (χ1) is 8.52. The fourth-order valence-corrected chi connectivity index (χ4v) is 1.45. The van der Waals surface area contributed by atoms with Crippen LogP contribution in [-0.4, -0.2) is 31.2 Å². The minimum absolute atomic E-state index is 0.0640. The maximum atomic E-state index is 10.8. The van der Waals surface area contributed by atoms with Gasteiger partial charge >= 0.3 is 0 Å². The minimum Gasteiger partial charge on any atom is -0.388 e. The number of benzene rings is 1. The number of nitrogens with zero attached hydrogens (tertiary/aromatic N) is 1. The van der Waals surface area contributed by atoms with Crippen LogP contribution in [0.4, 0.5) is 17.1 Å². The van der Waals surface area contributed by atoms with Crippen LogP contribution in [0.2, 0.25) is 0 Å². The SMILES string of the molecule is CNc1cc(NCCOC(C)C)cc([N+](=O)[O-])c1. The second kappa shape index (κ2) is 6.80. The Labute approximate surface area is 106 Å². The number of hydrogen-bond acceptors (Lipinski definition) is 5. The smallest absolute Gasteiger partial charge is 0.273 e. The highest BCUT2D eigenvalue weighted by Gasteiger charge is 2.08. The van der Waals surface area contributed by atoms with Gasteiger partial charge in [0.2, 0.25) is 0 Å². The maximum Gasteiger partial charge on any atom is 0.273 e. The van der Waals surface area contributed by atoms with Gasteiger partial charge in [-0.25, -0.2) is 0 Å². The Morgan fingerprint density at radius 2 is 2.00 bits per heavy atom. The van der Waals surface area contributed by atoms with Gasteiger partial charge in [0.15, 0.2) is 0 Å². The Kier molecular flexibility index (Phi) is 5.38. The Hall–Kier alpha value is -1.82. The summed E-state index contributed by atoms with van der Waals surface area (Å²) in [6.45, 7) is 5.11. The Bertz CT molecular complexity index is 408. The van der Waals surface area contributed by atoms with E-state index in [0.717, 1.165) is 0 Å². The molecule has 0 unspecified atom stereocenters. The second-order valence-corrected chi connectivity index (χ2v) is 4.12. The van der Waals surface area contributed by atoms with Crippen molar-refractivity contribution in [2.24, 2.45) is 0 Å². The van der Waals surface area contributed by atoms with Gasteiger partial charge < -0.3 is 15.4 Å². The van der Waals surface area contributed by atoms with E-state index in [1.165, 1.54) is 12.1 Å². The van der Waals surface area contributed by atoms with E-state index in [4.69, 9.17) is 4.74 Å². The zero-order valence-electron chi connectivity index (χ0n) is 10.9. The van der Waals surface area contributed by atoms with Crippen LogP contribution in [0.5, 0.6) is 0 Å². The molecule has 0 aliphatic carbocycles. The Morgan fingerprint density at radius 3 is 2.56 bits per heavy atom. The average Bonchev–Trinajstić information content (AvgIpc) is 2.34.